The molecule has 1 aromatic heterocycles. The number of nitrogens with one attached hydrogen (secondary N) is 1. The summed E-state index contributed by atoms with van der Waals surface area (Å²) in [4.78, 5) is 18.8. The van der Waals surface area contributed by atoms with E-state index in [1.54, 1.807) is 17.2 Å². The maximum absolute atomic E-state index is 12.7. The van der Waals surface area contributed by atoms with Crippen LogP contribution < -0.4 is 5.32 Å². The topological polar surface area (TPSA) is 65.5 Å². The first-order valence-electron chi connectivity index (χ1n) is 7.34. The van der Waals surface area contributed by atoms with Gasteiger partial charge in [-0.3, -0.25) is 4.79 Å². The number of pyridine rings is 1. The zero-order valence-electron chi connectivity index (χ0n) is 12.5. The summed E-state index contributed by atoms with van der Waals surface area (Å²) in [6, 6.07) is 1.81. The second kappa shape index (κ2) is 6.75. The first kappa shape index (κ1) is 16.2. The van der Waals surface area contributed by atoms with Gasteiger partial charge in [0, 0.05) is 30.3 Å². The first-order chi connectivity index (χ1) is 9.93. The van der Waals surface area contributed by atoms with Gasteiger partial charge in [0.05, 0.1) is 11.2 Å². The van der Waals surface area contributed by atoms with Crippen molar-refractivity contribution in [2.75, 3.05) is 25.0 Å². The predicted molar refractivity (Wildman–Crippen MR) is 86.5 cm³/mol. The summed E-state index contributed by atoms with van der Waals surface area (Å²) in [5, 5.41) is 13.2. The number of carbonyl (C=O) groups is 1. The Labute approximate surface area is 133 Å². The van der Waals surface area contributed by atoms with Crippen molar-refractivity contribution in [1.82, 2.24) is 9.88 Å². The lowest BCUT2D eigenvalue weighted by atomic mass is 9.93. The molecule has 0 atom stereocenters. The third-order valence-electron chi connectivity index (χ3n) is 3.75. The number of aliphatic hydroxyl groups is 1. The Bertz CT molecular complexity index is 510. The van der Waals surface area contributed by atoms with Crippen molar-refractivity contribution in [3.05, 3.63) is 22.3 Å². The molecule has 21 heavy (non-hydrogen) atoms. The van der Waals surface area contributed by atoms with E-state index in [0.717, 1.165) is 17.4 Å². The lowest BCUT2D eigenvalue weighted by molar-refractivity contribution is -0.00200. The van der Waals surface area contributed by atoms with E-state index in [1.165, 1.54) is 0 Å². The Kier molecular flexibility index (Phi) is 5.22. The van der Waals surface area contributed by atoms with Crippen LogP contribution in [0.2, 0.25) is 0 Å². The Hall–Kier alpha value is -1.14. The number of hydrogen-bond acceptors (Lipinski definition) is 4. The Balaban J connectivity index is 2.16. The number of piperidine rings is 1. The molecule has 1 aromatic rings. The minimum Gasteiger partial charge on any atom is -0.390 e. The van der Waals surface area contributed by atoms with Gasteiger partial charge in [0.25, 0.3) is 5.91 Å². The minimum absolute atomic E-state index is 0.0297. The number of anilines is 1. The minimum atomic E-state index is -0.657. The third-order valence-corrected chi connectivity index (χ3v) is 4.19. The number of likely N-dealkylation sites (tertiary alicyclic amines) is 1. The lowest BCUT2D eigenvalue weighted by Gasteiger charge is -2.36. The third kappa shape index (κ3) is 4.17. The van der Waals surface area contributed by atoms with Gasteiger partial charge in [-0.2, -0.15) is 0 Å². The van der Waals surface area contributed by atoms with Crippen LogP contribution >= 0.6 is 15.9 Å². The fraction of sp³-hybridized carbons (Fsp3) is 0.600. The molecule has 5 nitrogen and oxygen atoms in total. The van der Waals surface area contributed by atoms with Crippen LogP contribution in [-0.2, 0) is 0 Å². The number of nitrogens with zero attached hydrogens (tertiary/aromatic N) is 2. The molecule has 0 unspecified atom stereocenters. The van der Waals surface area contributed by atoms with E-state index in [0.29, 0.717) is 37.3 Å². The quantitative estimate of drug-likeness (QED) is 0.871. The normalized spacial score (nSPS) is 17.6. The standard InChI is InChI=1S/C15H22BrN3O2/c1-3-6-17-13-12(9-11(16)10-18-13)14(20)19-7-4-15(2,21)5-8-19/h9-10,21H,3-8H2,1-2H3,(H,17,18). The number of amides is 1. The van der Waals surface area contributed by atoms with Crippen molar-refractivity contribution in [1.29, 1.82) is 0 Å². The van der Waals surface area contributed by atoms with E-state index >= 15 is 0 Å². The molecule has 1 aliphatic heterocycles. The van der Waals surface area contributed by atoms with E-state index < -0.39 is 5.60 Å². The van der Waals surface area contributed by atoms with E-state index in [9.17, 15) is 9.90 Å². The fourth-order valence-corrected chi connectivity index (χ4v) is 2.68. The van der Waals surface area contributed by atoms with Crippen molar-refractivity contribution in [3.8, 4) is 0 Å². The summed E-state index contributed by atoms with van der Waals surface area (Å²) in [5.41, 5.74) is -0.0744. The first-order valence-corrected chi connectivity index (χ1v) is 8.13. The van der Waals surface area contributed by atoms with Crippen LogP contribution in [0.15, 0.2) is 16.7 Å². The molecule has 1 saturated heterocycles. The molecule has 0 aliphatic carbocycles. The summed E-state index contributed by atoms with van der Waals surface area (Å²) >= 11 is 3.37. The van der Waals surface area contributed by atoms with Crippen molar-refractivity contribution in [3.63, 3.8) is 0 Å². The highest BCUT2D eigenvalue weighted by molar-refractivity contribution is 9.10. The lowest BCUT2D eigenvalue weighted by Crippen LogP contribution is -2.45. The number of rotatable bonds is 4. The molecule has 116 valence electrons. The Morgan fingerprint density at radius 1 is 1.52 bits per heavy atom. The molecule has 1 fully saturated rings. The average molecular weight is 356 g/mol. The molecule has 1 amide bonds. The monoisotopic (exact) mass is 355 g/mol. The predicted octanol–water partition coefficient (Wildman–Crippen LogP) is 2.65. The van der Waals surface area contributed by atoms with Crippen LogP contribution in [-0.4, -0.2) is 46.1 Å². The molecule has 2 rings (SSSR count). The smallest absolute Gasteiger partial charge is 0.257 e. The maximum atomic E-state index is 12.7. The Morgan fingerprint density at radius 3 is 2.81 bits per heavy atom. The summed E-state index contributed by atoms with van der Waals surface area (Å²) in [7, 11) is 0. The maximum Gasteiger partial charge on any atom is 0.257 e. The van der Waals surface area contributed by atoms with Crippen LogP contribution in [0.25, 0.3) is 0 Å². The van der Waals surface area contributed by atoms with E-state index in [1.807, 2.05) is 6.92 Å². The Morgan fingerprint density at radius 2 is 2.19 bits per heavy atom. The van der Waals surface area contributed by atoms with Crippen molar-refractivity contribution in [2.24, 2.45) is 0 Å². The van der Waals surface area contributed by atoms with Gasteiger partial charge in [-0.05, 0) is 48.2 Å². The molecule has 2 heterocycles. The van der Waals surface area contributed by atoms with Crippen LogP contribution in [0, 0.1) is 0 Å². The highest BCUT2D eigenvalue weighted by atomic mass is 79.9. The molecule has 0 spiro atoms. The van der Waals surface area contributed by atoms with Gasteiger partial charge in [-0.25, -0.2) is 4.98 Å². The summed E-state index contributed by atoms with van der Waals surface area (Å²) in [6.07, 6.45) is 3.88. The molecule has 0 radical (unpaired) electrons. The van der Waals surface area contributed by atoms with Crippen molar-refractivity contribution < 1.29 is 9.90 Å². The number of carbonyl (C=O) groups excluding carboxylic acids is 1. The van der Waals surface area contributed by atoms with Crippen LogP contribution in [0.3, 0.4) is 0 Å². The highest BCUT2D eigenvalue weighted by Gasteiger charge is 2.31. The van der Waals surface area contributed by atoms with E-state index in [2.05, 4.69) is 33.2 Å². The van der Waals surface area contributed by atoms with Gasteiger partial charge in [0.1, 0.15) is 5.82 Å². The van der Waals surface area contributed by atoms with Crippen LogP contribution in [0.4, 0.5) is 5.82 Å². The van der Waals surface area contributed by atoms with Gasteiger partial charge in [0.2, 0.25) is 0 Å². The fourth-order valence-electron chi connectivity index (χ4n) is 2.35. The molecule has 0 aromatic carbocycles. The zero-order chi connectivity index (χ0) is 15.5. The summed E-state index contributed by atoms with van der Waals surface area (Å²) in [6.45, 7) is 5.82. The number of halogens is 1. The van der Waals surface area contributed by atoms with E-state index in [-0.39, 0.29) is 5.91 Å². The SMILES string of the molecule is CCCNc1ncc(Br)cc1C(=O)N1CCC(C)(O)CC1. The molecular weight excluding hydrogens is 334 g/mol. The van der Waals surface area contributed by atoms with Crippen molar-refractivity contribution >= 4 is 27.7 Å². The zero-order valence-corrected chi connectivity index (χ0v) is 14.1. The van der Waals surface area contributed by atoms with Crippen LogP contribution in [0.1, 0.15) is 43.5 Å². The average Bonchev–Trinajstić information content (AvgIpc) is 2.45. The summed E-state index contributed by atoms with van der Waals surface area (Å²) < 4.78 is 0.789. The molecule has 0 bridgehead atoms. The second-order valence-electron chi connectivity index (χ2n) is 5.77. The van der Waals surface area contributed by atoms with Crippen LogP contribution in [0.5, 0.6) is 0 Å². The molecule has 6 heteroatoms. The largest absolute Gasteiger partial charge is 0.390 e. The van der Waals surface area contributed by atoms with Crippen molar-refractivity contribution in [2.45, 2.75) is 38.7 Å². The van der Waals surface area contributed by atoms with Gasteiger partial charge in [-0.1, -0.05) is 6.92 Å². The van der Waals surface area contributed by atoms with Gasteiger partial charge in [0.15, 0.2) is 0 Å². The molecule has 0 saturated carbocycles. The molecular formula is C15H22BrN3O2. The number of aromatic nitrogens is 1. The second-order valence-corrected chi connectivity index (χ2v) is 6.68. The number of hydrogen-bond donors (Lipinski definition) is 2. The highest BCUT2D eigenvalue weighted by Crippen LogP contribution is 2.25. The molecule has 1 aliphatic rings. The van der Waals surface area contributed by atoms with E-state index in [4.69, 9.17) is 0 Å². The summed E-state index contributed by atoms with van der Waals surface area (Å²) in [5.74, 6) is 0.597. The van der Waals surface area contributed by atoms with Gasteiger partial charge in [-0.15, -0.1) is 0 Å². The molecule has 2 N–H and O–H groups in total. The van der Waals surface area contributed by atoms with Gasteiger partial charge < -0.3 is 15.3 Å². The van der Waals surface area contributed by atoms with Gasteiger partial charge >= 0.3 is 0 Å².